The highest BCUT2D eigenvalue weighted by Crippen LogP contribution is 2.42. The van der Waals surface area contributed by atoms with E-state index in [1.165, 1.54) is 0 Å². The van der Waals surface area contributed by atoms with Crippen LogP contribution in [0.3, 0.4) is 0 Å². The first-order chi connectivity index (χ1) is 11.0. The minimum atomic E-state index is -3.49. The zero-order chi connectivity index (χ0) is 16.1. The van der Waals surface area contributed by atoms with Crippen LogP contribution in [-0.4, -0.2) is 45.7 Å². The number of hydrogen-bond donors (Lipinski definition) is 1. The maximum Gasteiger partial charge on any atom is 0.243 e. The summed E-state index contributed by atoms with van der Waals surface area (Å²) in [6.45, 7) is 5.16. The second kappa shape index (κ2) is 5.36. The molecule has 3 aliphatic heterocycles. The summed E-state index contributed by atoms with van der Waals surface area (Å²) < 4.78 is 38.5. The largest absolute Gasteiger partial charge is 0.454 e. The molecule has 4 rings (SSSR count). The quantitative estimate of drug-likeness (QED) is 0.885. The summed E-state index contributed by atoms with van der Waals surface area (Å²) in [4.78, 5) is 0.340. The smallest absolute Gasteiger partial charge is 0.243 e. The average molecular weight is 338 g/mol. The van der Waals surface area contributed by atoms with Crippen molar-refractivity contribution in [2.24, 2.45) is 5.41 Å². The predicted octanol–water partition coefficient (Wildman–Crippen LogP) is 1.49. The summed E-state index contributed by atoms with van der Waals surface area (Å²) in [5.41, 5.74) is 0.864. The summed E-state index contributed by atoms with van der Waals surface area (Å²) in [6.07, 6.45) is 3.07. The molecule has 2 saturated heterocycles. The van der Waals surface area contributed by atoms with E-state index in [9.17, 15) is 8.42 Å². The van der Waals surface area contributed by atoms with E-state index in [2.05, 4.69) is 5.32 Å². The molecule has 1 aromatic carbocycles. The van der Waals surface area contributed by atoms with Crippen molar-refractivity contribution < 1.29 is 17.9 Å². The maximum atomic E-state index is 13.1. The van der Waals surface area contributed by atoms with Crippen LogP contribution in [-0.2, 0) is 10.0 Å². The van der Waals surface area contributed by atoms with E-state index in [-0.39, 0.29) is 12.2 Å². The van der Waals surface area contributed by atoms with Gasteiger partial charge in [0.25, 0.3) is 0 Å². The van der Waals surface area contributed by atoms with Crippen molar-refractivity contribution in [2.75, 3.05) is 33.0 Å². The molecule has 23 heavy (non-hydrogen) atoms. The molecule has 1 N–H and O–H groups in total. The Morgan fingerprint density at radius 2 is 1.83 bits per heavy atom. The Balaban J connectivity index is 1.64. The number of ether oxygens (including phenoxy) is 2. The van der Waals surface area contributed by atoms with Gasteiger partial charge >= 0.3 is 0 Å². The zero-order valence-electron chi connectivity index (χ0n) is 13.3. The van der Waals surface area contributed by atoms with Gasteiger partial charge in [0, 0.05) is 19.2 Å². The van der Waals surface area contributed by atoms with E-state index >= 15 is 0 Å². The van der Waals surface area contributed by atoms with E-state index < -0.39 is 10.0 Å². The van der Waals surface area contributed by atoms with Crippen LogP contribution in [0.4, 0.5) is 0 Å². The van der Waals surface area contributed by atoms with Gasteiger partial charge in [0.15, 0.2) is 11.5 Å². The highest BCUT2D eigenvalue weighted by molar-refractivity contribution is 7.89. The topological polar surface area (TPSA) is 67.9 Å². The third-order valence-corrected chi connectivity index (χ3v) is 7.34. The summed E-state index contributed by atoms with van der Waals surface area (Å²) >= 11 is 0. The molecule has 7 heteroatoms. The molecule has 126 valence electrons. The van der Waals surface area contributed by atoms with Crippen LogP contribution < -0.4 is 14.8 Å². The Morgan fingerprint density at radius 1 is 1.13 bits per heavy atom. The first kappa shape index (κ1) is 15.2. The highest BCUT2D eigenvalue weighted by Gasteiger charge is 2.43. The van der Waals surface area contributed by atoms with Gasteiger partial charge in [-0.25, -0.2) is 8.42 Å². The van der Waals surface area contributed by atoms with E-state index in [1.54, 1.807) is 16.4 Å². The van der Waals surface area contributed by atoms with Crippen LogP contribution in [0, 0.1) is 12.3 Å². The molecule has 2 fully saturated rings. The number of sulfonamides is 1. The molecule has 0 saturated carbocycles. The number of benzene rings is 1. The number of nitrogens with one attached hydrogen (secondary N) is 1. The SMILES string of the molecule is Cc1cc2c(cc1S(=O)(=O)N1CCC3(CCNCC3)C1)OCO2. The highest BCUT2D eigenvalue weighted by atomic mass is 32.2. The minimum absolute atomic E-state index is 0.151. The molecule has 3 heterocycles. The van der Waals surface area contributed by atoms with Gasteiger partial charge in [-0.1, -0.05) is 0 Å². The first-order valence-electron chi connectivity index (χ1n) is 8.11. The van der Waals surface area contributed by atoms with Crippen LogP contribution in [0.25, 0.3) is 0 Å². The lowest BCUT2D eigenvalue weighted by atomic mass is 9.78. The van der Waals surface area contributed by atoms with Crippen LogP contribution in [0.1, 0.15) is 24.8 Å². The molecule has 0 bridgehead atoms. The second-order valence-corrected chi connectivity index (χ2v) is 8.72. The van der Waals surface area contributed by atoms with Gasteiger partial charge in [-0.05, 0) is 56.3 Å². The van der Waals surface area contributed by atoms with Crippen LogP contribution >= 0.6 is 0 Å². The third-order valence-electron chi connectivity index (χ3n) is 5.36. The van der Waals surface area contributed by atoms with Gasteiger partial charge < -0.3 is 14.8 Å². The van der Waals surface area contributed by atoms with Gasteiger partial charge in [0.1, 0.15) is 0 Å². The summed E-state index contributed by atoms with van der Waals surface area (Å²) in [5, 5.41) is 3.36. The molecule has 0 amide bonds. The molecule has 0 aliphatic carbocycles. The number of fused-ring (bicyclic) bond motifs is 1. The fourth-order valence-corrected chi connectivity index (χ4v) is 5.68. The van der Waals surface area contributed by atoms with Gasteiger partial charge in [0.05, 0.1) is 4.90 Å². The van der Waals surface area contributed by atoms with Crippen molar-refractivity contribution in [3.63, 3.8) is 0 Å². The summed E-state index contributed by atoms with van der Waals surface area (Å²) in [6, 6.07) is 3.37. The maximum absolute atomic E-state index is 13.1. The molecule has 0 atom stereocenters. The normalized spacial score (nSPS) is 23.5. The van der Waals surface area contributed by atoms with Crippen molar-refractivity contribution in [1.29, 1.82) is 0 Å². The Morgan fingerprint density at radius 3 is 2.57 bits per heavy atom. The third kappa shape index (κ3) is 2.51. The van der Waals surface area contributed by atoms with Crippen molar-refractivity contribution in [2.45, 2.75) is 31.1 Å². The summed E-state index contributed by atoms with van der Waals surface area (Å²) in [5.74, 6) is 1.14. The number of hydrogen-bond acceptors (Lipinski definition) is 5. The van der Waals surface area contributed by atoms with Gasteiger partial charge in [0.2, 0.25) is 16.8 Å². The summed E-state index contributed by atoms with van der Waals surface area (Å²) in [7, 11) is -3.49. The fourth-order valence-electron chi connectivity index (χ4n) is 3.91. The van der Waals surface area contributed by atoms with E-state index in [4.69, 9.17) is 9.47 Å². The average Bonchev–Trinajstić information content (AvgIpc) is 3.14. The predicted molar refractivity (Wildman–Crippen MR) is 85.2 cm³/mol. The Kier molecular flexibility index (Phi) is 3.55. The fraction of sp³-hybridized carbons (Fsp3) is 0.625. The lowest BCUT2D eigenvalue weighted by molar-refractivity contribution is 0.174. The molecule has 0 radical (unpaired) electrons. The molecule has 6 nitrogen and oxygen atoms in total. The molecule has 1 aromatic rings. The molecular weight excluding hydrogens is 316 g/mol. The molecular formula is C16H22N2O4S. The molecule has 1 spiro atoms. The number of aryl methyl sites for hydroxylation is 1. The van der Waals surface area contributed by atoms with E-state index in [0.29, 0.717) is 35.0 Å². The second-order valence-electron chi connectivity index (χ2n) is 6.81. The van der Waals surface area contributed by atoms with Gasteiger partial charge in [-0.2, -0.15) is 4.31 Å². The van der Waals surface area contributed by atoms with Crippen molar-refractivity contribution in [3.8, 4) is 11.5 Å². The Bertz CT molecular complexity index is 726. The van der Waals surface area contributed by atoms with Gasteiger partial charge in [-0.3, -0.25) is 0 Å². The van der Waals surface area contributed by atoms with Crippen molar-refractivity contribution in [1.82, 2.24) is 9.62 Å². The van der Waals surface area contributed by atoms with E-state index in [0.717, 1.165) is 32.4 Å². The minimum Gasteiger partial charge on any atom is -0.454 e. The van der Waals surface area contributed by atoms with Crippen LogP contribution in [0.2, 0.25) is 0 Å². The molecule has 0 aromatic heterocycles. The number of nitrogens with zero attached hydrogens (tertiary/aromatic N) is 1. The van der Waals surface area contributed by atoms with Crippen molar-refractivity contribution in [3.05, 3.63) is 17.7 Å². The number of rotatable bonds is 2. The monoisotopic (exact) mass is 338 g/mol. The zero-order valence-corrected chi connectivity index (χ0v) is 14.1. The number of piperidine rings is 1. The molecule has 0 unspecified atom stereocenters. The van der Waals surface area contributed by atoms with Crippen LogP contribution in [0.5, 0.6) is 11.5 Å². The Hall–Kier alpha value is -1.31. The first-order valence-corrected chi connectivity index (χ1v) is 9.55. The lowest BCUT2D eigenvalue weighted by Crippen LogP contribution is -2.39. The lowest BCUT2D eigenvalue weighted by Gasteiger charge is -2.33. The van der Waals surface area contributed by atoms with Gasteiger partial charge in [-0.15, -0.1) is 0 Å². The van der Waals surface area contributed by atoms with Crippen LogP contribution in [0.15, 0.2) is 17.0 Å². The van der Waals surface area contributed by atoms with E-state index in [1.807, 2.05) is 6.92 Å². The van der Waals surface area contributed by atoms with Crippen molar-refractivity contribution >= 4 is 10.0 Å². The molecule has 3 aliphatic rings. The Labute approximate surface area is 136 Å². The standard InChI is InChI=1S/C16H22N2O4S/c1-12-8-13-14(22-11-21-13)9-15(12)23(19,20)18-7-4-16(10-18)2-5-17-6-3-16/h8-9,17H,2-7,10-11H2,1H3.